The SMILES string of the molecule is CC/C=C/C/C=C/C/C=C/C/C=C/C/C=C/C/C=C/CCC(=O)OC[C@@H](COC(=O)CCCCCCCCCCCCCCCC)OC(=O)CCCCCCC/C=C/C/C=C/C/C=C/CC. The number of ether oxygens (including phenoxy) is 3. The number of unbranched alkanes of at least 4 members (excludes halogenated alkanes) is 18. The topological polar surface area (TPSA) is 78.9 Å². The zero-order chi connectivity index (χ0) is 47.9. The van der Waals surface area contributed by atoms with Gasteiger partial charge in [0.1, 0.15) is 13.2 Å². The van der Waals surface area contributed by atoms with Crippen LogP contribution in [0.5, 0.6) is 0 Å². The van der Waals surface area contributed by atoms with E-state index < -0.39 is 6.10 Å². The van der Waals surface area contributed by atoms with Gasteiger partial charge in [0.2, 0.25) is 0 Å². The molecule has 0 aliphatic heterocycles. The van der Waals surface area contributed by atoms with Crippen LogP contribution in [-0.2, 0) is 28.6 Å². The van der Waals surface area contributed by atoms with Crippen LogP contribution in [0.15, 0.2) is 109 Å². The monoisotopic (exact) mass is 915 g/mol. The zero-order valence-electron chi connectivity index (χ0n) is 42.7. The van der Waals surface area contributed by atoms with E-state index in [9.17, 15) is 14.4 Å². The number of rotatable bonds is 47. The normalized spacial score (nSPS) is 13.0. The van der Waals surface area contributed by atoms with Crippen molar-refractivity contribution in [3.63, 3.8) is 0 Å². The maximum absolute atomic E-state index is 12.8. The van der Waals surface area contributed by atoms with Crippen LogP contribution >= 0.6 is 0 Å². The highest BCUT2D eigenvalue weighted by atomic mass is 16.6. The van der Waals surface area contributed by atoms with Gasteiger partial charge in [0.25, 0.3) is 0 Å². The van der Waals surface area contributed by atoms with Gasteiger partial charge in [-0.2, -0.15) is 0 Å². The summed E-state index contributed by atoms with van der Waals surface area (Å²) in [4.78, 5) is 38.0. The standard InChI is InChI=1S/C60H98O6/c1-4-7-10-13-16-19-22-25-28-29-30-31-33-35-38-41-44-47-50-53-59(62)65-56-57(55-64-58(61)52-49-46-43-40-37-34-27-24-21-18-15-12-9-6-3)66-60(63)54-51-48-45-42-39-36-32-26-23-20-17-14-11-8-5-2/h7-8,10-11,16-17,19-20,25-26,28,30-32,35,38,44,47,57H,4-6,9,12-15,18,21-24,27,29,33-34,36-37,39-43,45-46,48-56H2,1-3H3/b10-7+,11-8+,19-16+,20-17+,28-25+,31-30+,32-26+,38-35+,47-44+/t57-/m1/s1. The van der Waals surface area contributed by atoms with Gasteiger partial charge in [-0.05, 0) is 89.9 Å². The molecule has 6 nitrogen and oxygen atoms in total. The Kier molecular flexibility index (Phi) is 50.5. The molecule has 0 amide bonds. The minimum absolute atomic E-state index is 0.108. The van der Waals surface area contributed by atoms with E-state index >= 15 is 0 Å². The fraction of sp³-hybridized carbons (Fsp3) is 0.650. The number of hydrogen-bond acceptors (Lipinski definition) is 6. The zero-order valence-corrected chi connectivity index (χ0v) is 42.7. The van der Waals surface area contributed by atoms with E-state index in [2.05, 4.69) is 124 Å². The molecular weight excluding hydrogens is 817 g/mol. The molecule has 0 bridgehead atoms. The second-order valence-electron chi connectivity index (χ2n) is 17.4. The largest absolute Gasteiger partial charge is 0.462 e. The lowest BCUT2D eigenvalue weighted by atomic mass is 10.0. The summed E-state index contributed by atoms with van der Waals surface area (Å²) >= 11 is 0. The van der Waals surface area contributed by atoms with Crippen LogP contribution in [0.2, 0.25) is 0 Å². The summed E-state index contributed by atoms with van der Waals surface area (Å²) in [7, 11) is 0. The fourth-order valence-corrected chi connectivity index (χ4v) is 7.07. The molecule has 0 aromatic carbocycles. The van der Waals surface area contributed by atoms with Crippen LogP contribution < -0.4 is 0 Å². The summed E-state index contributed by atoms with van der Waals surface area (Å²) in [6, 6.07) is 0. The summed E-state index contributed by atoms with van der Waals surface area (Å²) in [6.45, 7) is 6.33. The first-order chi connectivity index (χ1) is 32.5. The first-order valence-electron chi connectivity index (χ1n) is 26.9. The fourth-order valence-electron chi connectivity index (χ4n) is 7.07. The smallest absolute Gasteiger partial charge is 0.306 e. The van der Waals surface area contributed by atoms with Crippen molar-refractivity contribution in [2.75, 3.05) is 13.2 Å². The summed E-state index contributed by atoms with van der Waals surface area (Å²) in [6.07, 6.45) is 72.3. The molecule has 0 unspecified atom stereocenters. The third-order valence-corrected chi connectivity index (χ3v) is 11.0. The van der Waals surface area contributed by atoms with Gasteiger partial charge in [0, 0.05) is 19.3 Å². The number of allylic oxidation sites excluding steroid dienone is 18. The highest BCUT2D eigenvalue weighted by molar-refractivity contribution is 5.71. The van der Waals surface area contributed by atoms with Gasteiger partial charge in [-0.15, -0.1) is 0 Å². The van der Waals surface area contributed by atoms with E-state index in [0.29, 0.717) is 19.3 Å². The Morgan fingerprint density at radius 1 is 0.318 bits per heavy atom. The molecule has 0 aromatic rings. The Bertz CT molecular complexity index is 1370. The third-order valence-electron chi connectivity index (χ3n) is 11.0. The molecule has 1 atom stereocenters. The number of carbonyl (C=O) groups is 3. The molecule has 0 radical (unpaired) electrons. The molecule has 0 saturated carbocycles. The Labute approximate surface area is 406 Å². The van der Waals surface area contributed by atoms with Gasteiger partial charge < -0.3 is 14.2 Å². The molecular formula is C60H98O6. The first kappa shape index (κ1) is 62.1. The Hall–Kier alpha value is -3.93. The predicted molar refractivity (Wildman–Crippen MR) is 283 cm³/mol. The average Bonchev–Trinajstić information content (AvgIpc) is 3.31. The molecule has 0 aliphatic rings. The van der Waals surface area contributed by atoms with Gasteiger partial charge in [-0.3, -0.25) is 14.4 Å². The molecule has 374 valence electrons. The van der Waals surface area contributed by atoms with Crippen molar-refractivity contribution < 1.29 is 28.6 Å². The van der Waals surface area contributed by atoms with Crippen LogP contribution in [0.3, 0.4) is 0 Å². The van der Waals surface area contributed by atoms with Crippen LogP contribution in [0.1, 0.15) is 233 Å². The second kappa shape index (κ2) is 53.7. The Morgan fingerprint density at radius 2 is 0.621 bits per heavy atom. The van der Waals surface area contributed by atoms with Gasteiger partial charge >= 0.3 is 17.9 Å². The van der Waals surface area contributed by atoms with Crippen molar-refractivity contribution in [2.45, 2.75) is 239 Å². The predicted octanol–water partition coefficient (Wildman–Crippen LogP) is 17.9. The van der Waals surface area contributed by atoms with Gasteiger partial charge in [-0.1, -0.05) is 233 Å². The Balaban J connectivity index is 4.53. The molecule has 0 rings (SSSR count). The van der Waals surface area contributed by atoms with Crippen molar-refractivity contribution in [1.29, 1.82) is 0 Å². The molecule has 0 aromatic heterocycles. The van der Waals surface area contributed by atoms with E-state index in [-0.39, 0.29) is 37.5 Å². The second-order valence-corrected chi connectivity index (χ2v) is 17.4. The molecule has 0 N–H and O–H groups in total. The molecule has 0 aliphatic carbocycles. The number of esters is 3. The molecule has 0 heterocycles. The van der Waals surface area contributed by atoms with Crippen molar-refractivity contribution >= 4 is 17.9 Å². The molecule has 0 spiro atoms. The maximum Gasteiger partial charge on any atom is 0.306 e. The quantitative estimate of drug-likeness (QED) is 0.0262. The summed E-state index contributed by atoms with van der Waals surface area (Å²) in [5.74, 6) is -1.02. The summed E-state index contributed by atoms with van der Waals surface area (Å²) in [5.41, 5.74) is 0. The van der Waals surface area contributed by atoms with E-state index in [1.807, 2.05) is 6.08 Å². The van der Waals surface area contributed by atoms with E-state index in [1.165, 1.54) is 70.6 Å². The van der Waals surface area contributed by atoms with Crippen molar-refractivity contribution in [2.24, 2.45) is 0 Å². The van der Waals surface area contributed by atoms with Crippen molar-refractivity contribution in [3.05, 3.63) is 109 Å². The van der Waals surface area contributed by atoms with Crippen molar-refractivity contribution in [3.8, 4) is 0 Å². The van der Waals surface area contributed by atoms with Crippen LogP contribution in [0, 0.1) is 0 Å². The van der Waals surface area contributed by atoms with Crippen LogP contribution in [0.25, 0.3) is 0 Å². The van der Waals surface area contributed by atoms with Gasteiger partial charge in [-0.25, -0.2) is 0 Å². The van der Waals surface area contributed by atoms with Gasteiger partial charge in [0.15, 0.2) is 6.10 Å². The van der Waals surface area contributed by atoms with Crippen molar-refractivity contribution in [1.82, 2.24) is 0 Å². The highest BCUT2D eigenvalue weighted by Crippen LogP contribution is 2.15. The maximum atomic E-state index is 12.8. The van der Waals surface area contributed by atoms with E-state index in [4.69, 9.17) is 14.2 Å². The summed E-state index contributed by atoms with van der Waals surface area (Å²) in [5, 5.41) is 0. The third kappa shape index (κ3) is 51.1. The van der Waals surface area contributed by atoms with Crippen LogP contribution in [0.4, 0.5) is 0 Å². The lowest BCUT2D eigenvalue weighted by Crippen LogP contribution is -2.30. The van der Waals surface area contributed by atoms with E-state index in [0.717, 1.165) is 116 Å². The first-order valence-corrected chi connectivity index (χ1v) is 26.9. The Morgan fingerprint density at radius 3 is 1.02 bits per heavy atom. The van der Waals surface area contributed by atoms with E-state index in [1.54, 1.807) is 0 Å². The summed E-state index contributed by atoms with van der Waals surface area (Å²) < 4.78 is 16.7. The molecule has 0 fully saturated rings. The van der Waals surface area contributed by atoms with Crippen LogP contribution in [-0.4, -0.2) is 37.2 Å². The minimum Gasteiger partial charge on any atom is -0.462 e. The minimum atomic E-state index is -0.818. The molecule has 0 saturated heterocycles. The van der Waals surface area contributed by atoms with Gasteiger partial charge in [0.05, 0.1) is 0 Å². The number of hydrogen-bond donors (Lipinski definition) is 0. The molecule has 66 heavy (non-hydrogen) atoms. The number of carbonyl (C=O) groups excluding carboxylic acids is 3. The lowest BCUT2D eigenvalue weighted by Gasteiger charge is -2.18. The lowest BCUT2D eigenvalue weighted by molar-refractivity contribution is -0.166. The average molecular weight is 915 g/mol. The molecule has 6 heteroatoms. The highest BCUT2D eigenvalue weighted by Gasteiger charge is 2.19.